The smallest absolute Gasteiger partial charge is 0.354 e. The SMILES string of the molecule is Cc1nc2c(C)cc(C(=O)O)nc2[nH]1. The van der Waals surface area contributed by atoms with Gasteiger partial charge in [0.15, 0.2) is 11.3 Å². The Labute approximate surface area is 79.8 Å². The number of rotatable bonds is 1. The van der Waals surface area contributed by atoms with E-state index < -0.39 is 5.97 Å². The summed E-state index contributed by atoms with van der Waals surface area (Å²) in [5.74, 6) is -0.291. The minimum atomic E-state index is -1.03. The number of pyridine rings is 1. The van der Waals surface area contributed by atoms with Gasteiger partial charge in [0.2, 0.25) is 0 Å². The fourth-order valence-electron chi connectivity index (χ4n) is 1.37. The summed E-state index contributed by atoms with van der Waals surface area (Å²) in [6.07, 6.45) is 0. The van der Waals surface area contributed by atoms with Crippen LogP contribution in [0.3, 0.4) is 0 Å². The molecule has 0 radical (unpaired) electrons. The van der Waals surface area contributed by atoms with Gasteiger partial charge in [-0.05, 0) is 25.5 Å². The summed E-state index contributed by atoms with van der Waals surface area (Å²) in [6, 6.07) is 1.52. The zero-order valence-electron chi connectivity index (χ0n) is 7.83. The molecule has 72 valence electrons. The van der Waals surface area contributed by atoms with Crippen LogP contribution in [0.1, 0.15) is 21.9 Å². The number of nitrogens with zero attached hydrogens (tertiary/aromatic N) is 2. The first kappa shape index (κ1) is 8.68. The third kappa shape index (κ3) is 1.22. The number of hydrogen-bond acceptors (Lipinski definition) is 3. The van der Waals surface area contributed by atoms with E-state index in [4.69, 9.17) is 5.11 Å². The number of aromatic amines is 1. The number of fused-ring (bicyclic) bond motifs is 1. The highest BCUT2D eigenvalue weighted by molar-refractivity contribution is 5.89. The van der Waals surface area contributed by atoms with Crippen molar-refractivity contribution in [3.05, 3.63) is 23.1 Å². The summed E-state index contributed by atoms with van der Waals surface area (Å²) in [4.78, 5) is 21.8. The number of carbonyl (C=O) groups is 1. The second-order valence-corrected chi connectivity index (χ2v) is 3.15. The first-order valence-electron chi connectivity index (χ1n) is 4.15. The Hall–Kier alpha value is -1.91. The van der Waals surface area contributed by atoms with Crippen molar-refractivity contribution in [2.24, 2.45) is 0 Å². The van der Waals surface area contributed by atoms with E-state index in [0.717, 1.165) is 16.9 Å². The van der Waals surface area contributed by atoms with Gasteiger partial charge in [0.1, 0.15) is 11.3 Å². The lowest BCUT2D eigenvalue weighted by molar-refractivity contribution is 0.0691. The molecule has 0 aromatic carbocycles. The summed E-state index contributed by atoms with van der Waals surface area (Å²) in [5, 5.41) is 8.78. The quantitative estimate of drug-likeness (QED) is 0.711. The van der Waals surface area contributed by atoms with Gasteiger partial charge >= 0.3 is 5.97 Å². The van der Waals surface area contributed by atoms with E-state index in [1.807, 2.05) is 13.8 Å². The van der Waals surface area contributed by atoms with Crippen molar-refractivity contribution < 1.29 is 9.90 Å². The molecule has 0 saturated heterocycles. The number of imidazole rings is 1. The van der Waals surface area contributed by atoms with Crippen LogP contribution >= 0.6 is 0 Å². The fraction of sp³-hybridized carbons (Fsp3) is 0.222. The maximum absolute atomic E-state index is 10.7. The van der Waals surface area contributed by atoms with Gasteiger partial charge in [0.05, 0.1) is 0 Å². The summed E-state index contributed by atoms with van der Waals surface area (Å²) < 4.78 is 0. The monoisotopic (exact) mass is 191 g/mol. The van der Waals surface area contributed by atoms with E-state index >= 15 is 0 Å². The largest absolute Gasteiger partial charge is 0.477 e. The number of aromatic nitrogens is 3. The number of nitrogens with one attached hydrogen (secondary N) is 1. The molecule has 0 aliphatic carbocycles. The van der Waals surface area contributed by atoms with Crippen LogP contribution in [0, 0.1) is 13.8 Å². The summed E-state index contributed by atoms with van der Waals surface area (Å²) in [6.45, 7) is 3.62. The zero-order valence-corrected chi connectivity index (χ0v) is 7.83. The predicted octanol–water partition coefficient (Wildman–Crippen LogP) is 1.27. The molecule has 14 heavy (non-hydrogen) atoms. The lowest BCUT2D eigenvalue weighted by Crippen LogP contribution is -2.01. The molecule has 5 nitrogen and oxygen atoms in total. The highest BCUT2D eigenvalue weighted by Gasteiger charge is 2.10. The Morgan fingerprint density at radius 1 is 1.43 bits per heavy atom. The van der Waals surface area contributed by atoms with E-state index in [2.05, 4.69) is 15.0 Å². The molecule has 0 spiro atoms. The highest BCUT2D eigenvalue weighted by atomic mass is 16.4. The molecule has 2 aromatic heterocycles. The lowest BCUT2D eigenvalue weighted by atomic mass is 10.2. The van der Waals surface area contributed by atoms with Crippen molar-refractivity contribution >= 4 is 17.1 Å². The topological polar surface area (TPSA) is 78.9 Å². The fourth-order valence-corrected chi connectivity index (χ4v) is 1.37. The molecular formula is C9H9N3O2. The van der Waals surface area contributed by atoms with Crippen molar-refractivity contribution in [2.75, 3.05) is 0 Å². The highest BCUT2D eigenvalue weighted by Crippen LogP contribution is 2.14. The lowest BCUT2D eigenvalue weighted by Gasteiger charge is -1.96. The first-order chi connectivity index (χ1) is 6.58. The van der Waals surface area contributed by atoms with Gasteiger partial charge < -0.3 is 10.1 Å². The molecule has 2 N–H and O–H groups in total. The van der Waals surface area contributed by atoms with E-state index in [-0.39, 0.29) is 5.69 Å². The van der Waals surface area contributed by atoms with Crippen LogP contribution < -0.4 is 0 Å². The molecule has 2 rings (SSSR count). The molecule has 0 aliphatic heterocycles. The van der Waals surface area contributed by atoms with Crippen LogP contribution in [0.15, 0.2) is 6.07 Å². The maximum atomic E-state index is 10.7. The normalized spacial score (nSPS) is 10.7. The van der Waals surface area contributed by atoms with Crippen molar-refractivity contribution in [3.63, 3.8) is 0 Å². The minimum Gasteiger partial charge on any atom is -0.477 e. The standard InChI is InChI=1S/C9H9N3O2/c1-4-3-6(9(13)14)12-8-7(4)10-5(2)11-8/h3H,1-2H3,(H,13,14)(H,10,11,12). The zero-order chi connectivity index (χ0) is 10.3. The molecule has 0 unspecified atom stereocenters. The van der Waals surface area contributed by atoms with E-state index in [1.54, 1.807) is 0 Å². The number of carboxylic acids is 1. The molecule has 0 amide bonds. The van der Waals surface area contributed by atoms with E-state index in [1.165, 1.54) is 6.07 Å². The minimum absolute atomic E-state index is 0.0404. The Balaban J connectivity index is 2.77. The Morgan fingerprint density at radius 3 is 2.79 bits per heavy atom. The average molecular weight is 191 g/mol. The summed E-state index contributed by atoms with van der Waals surface area (Å²) >= 11 is 0. The Kier molecular flexibility index (Phi) is 1.73. The molecule has 2 aromatic rings. The second-order valence-electron chi connectivity index (χ2n) is 3.15. The van der Waals surface area contributed by atoms with Crippen LogP contribution in [-0.4, -0.2) is 26.0 Å². The molecular weight excluding hydrogens is 182 g/mol. The van der Waals surface area contributed by atoms with Gasteiger partial charge in [-0.3, -0.25) is 0 Å². The molecule has 2 heterocycles. The number of aromatic carboxylic acids is 1. The van der Waals surface area contributed by atoms with Gasteiger partial charge in [0.25, 0.3) is 0 Å². The number of carboxylic acid groups (broad SMARTS) is 1. The van der Waals surface area contributed by atoms with Gasteiger partial charge in [-0.1, -0.05) is 0 Å². The Morgan fingerprint density at radius 2 is 2.14 bits per heavy atom. The van der Waals surface area contributed by atoms with Crippen LogP contribution in [0.2, 0.25) is 0 Å². The first-order valence-corrected chi connectivity index (χ1v) is 4.15. The number of hydrogen-bond donors (Lipinski definition) is 2. The van der Waals surface area contributed by atoms with Crippen molar-refractivity contribution in [1.29, 1.82) is 0 Å². The van der Waals surface area contributed by atoms with Crippen molar-refractivity contribution in [1.82, 2.24) is 15.0 Å². The van der Waals surface area contributed by atoms with E-state index in [0.29, 0.717) is 5.65 Å². The van der Waals surface area contributed by atoms with Gasteiger partial charge in [-0.25, -0.2) is 14.8 Å². The number of aryl methyl sites for hydroxylation is 2. The van der Waals surface area contributed by atoms with Gasteiger partial charge in [0, 0.05) is 0 Å². The third-order valence-electron chi connectivity index (χ3n) is 1.98. The number of H-pyrrole nitrogens is 1. The molecule has 0 aliphatic rings. The van der Waals surface area contributed by atoms with E-state index in [9.17, 15) is 4.79 Å². The average Bonchev–Trinajstić information content (AvgIpc) is 2.45. The maximum Gasteiger partial charge on any atom is 0.354 e. The van der Waals surface area contributed by atoms with Gasteiger partial charge in [-0.15, -0.1) is 0 Å². The molecule has 0 fully saturated rings. The molecule has 0 saturated carbocycles. The van der Waals surface area contributed by atoms with Crippen molar-refractivity contribution in [2.45, 2.75) is 13.8 Å². The third-order valence-corrected chi connectivity index (χ3v) is 1.98. The van der Waals surface area contributed by atoms with Crippen LogP contribution in [0.5, 0.6) is 0 Å². The van der Waals surface area contributed by atoms with Crippen LogP contribution in [0.4, 0.5) is 0 Å². The predicted molar refractivity (Wildman–Crippen MR) is 50.3 cm³/mol. The van der Waals surface area contributed by atoms with Crippen LogP contribution in [-0.2, 0) is 0 Å². The summed E-state index contributed by atoms with van der Waals surface area (Å²) in [5.41, 5.74) is 2.11. The molecule has 5 heteroatoms. The summed E-state index contributed by atoms with van der Waals surface area (Å²) in [7, 11) is 0. The Bertz CT molecular complexity index is 516. The second kappa shape index (κ2) is 2.80. The molecule has 0 atom stereocenters. The molecule has 0 bridgehead atoms. The van der Waals surface area contributed by atoms with Crippen LogP contribution in [0.25, 0.3) is 11.2 Å². The van der Waals surface area contributed by atoms with Gasteiger partial charge in [-0.2, -0.15) is 0 Å². The van der Waals surface area contributed by atoms with Crippen molar-refractivity contribution in [3.8, 4) is 0 Å².